The van der Waals surface area contributed by atoms with Crippen LogP contribution in [0.15, 0.2) is 89.6 Å². The van der Waals surface area contributed by atoms with Crippen LogP contribution in [0.3, 0.4) is 0 Å². The standard InChI is InChI=1S/C24H21F4NO2S/c1-18-10-12-23(13-11-18)32(30,31)29(16-19-6-3-2-4-7-19)17-22(25)15-20-8-5-9-21(14-20)24(26,27)28/h2-15H,16-17H2,1H3/b22-15-. The van der Waals surface area contributed by atoms with Crippen molar-refractivity contribution in [2.45, 2.75) is 24.5 Å². The van der Waals surface area contributed by atoms with Gasteiger partial charge in [0, 0.05) is 6.54 Å². The molecule has 0 radical (unpaired) electrons. The fourth-order valence-corrected chi connectivity index (χ4v) is 4.46. The lowest BCUT2D eigenvalue weighted by Gasteiger charge is -2.22. The van der Waals surface area contributed by atoms with Gasteiger partial charge in [-0.1, -0.05) is 60.2 Å². The van der Waals surface area contributed by atoms with Crippen molar-refractivity contribution in [3.8, 4) is 0 Å². The molecule has 0 saturated heterocycles. The lowest BCUT2D eigenvalue weighted by atomic mass is 10.1. The first-order valence-corrected chi connectivity index (χ1v) is 11.1. The number of aryl methyl sites for hydroxylation is 1. The van der Waals surface area contributed by atoms with Crippen LogP contribution in [-0.4, -0.2) is 19.3 Å². The van der Waals surface area contributed by atoms with E-state index in [1.54, 1.807) is 42.5 Å². The van der Waals surface area contributed by atoms with E-state index < -0.39 is 34.1 Å². The van der Waals surface area contributed by atoms with Gasteiger partial charge in [0.1, 0.15) is 5.83 Å². The fourth-order valence-electron chi connectivity index (χ4n) is 3.07. The number of hydrogen-bond acceptors (Lipinski definition) is 2. The molecule has 0 atom stereocenters. The quantitative estimate of drug-likeness (QED) is 0.391. The minimum Gasteiger partial charge on any atom is -0.210 e. The highest BCUT2D eigenvalue weighted by Crippen LogP contribution is 2.30. The van der Waals surface area contributed by atoms with Crippen molar-refractivity contribution in [2.24, 2.45) is 0 Å². The summed E-state index contributed by atoms with van der Waals surface area (Å²) in [6.45, 7) is 1.10. The Morgan fingerprint density at radius 3 is 2.22 bits per heavy atom. The first-order chi connectivity index (χ1) is 15.1. The van der Waals surface area contributed by atoms with E-state index in [0.717, 1.165) is 28.1 Å². The summed E-state index contributed by atoms with van der Waals surface area (Å²) in [6, 6.07) is 19.0. The number of nitrogens with zero attached hydrogens (tertiary/aromatic N) is 1. The summed E-state index contributed by atoms with van der Waals surface area (Å²) in [6.07, 6.45) is -3.65. The van der Waals surface area contributed by atoms with Crippen molar-refractivity contribution < 1.29 is 26.0 Å². The summed E-state index contributed by atoms with van der Waals surface area (Å²) in [5.41, 5.74) is 0.599. The van der Waals surface area contributed by atoms with Gasteiger partial charge in [0.25, 0.3) is 0 Å². The fraction of sp³-hybridized carbons (Fsp3) is 0.167. The molecular formula is C24H21F4NO2S. The third kappa shape index (κ3) is 6.05. The molecule has 0 N–H and O–H groups in total. The molecule has 32 heavy (non-hydrogen) atoms. The van der Waals surface area contributed by atoms with E-state index in [9.17, 15) is 26.0 Å². The highest BCUT2D eigenvalue weighted by atomic mass is 32.2. The average Bonchev–Trinajstić information content (AvgIpc) is 2.74. The normalized spacial score (nSPS) is 12.9. The van der Waals surface area contributed by atoms with E-state index in [0.29, 0.717) is 5.56 Å². The minimum absolute atomic E-state index is 0.00546. The summed E-state index contributed by atoms with van der Waals surface area (Å²) in [7, 11) is -4.06. The Kier molecular flexibility index (Phi) is 7.16. The zero-order valence-electron chi connectivity index (χ0n) is 17.2. The van der Waals surface area contributed by atoms with Gasteiger partial charge in [-0.3, -0.25) is 0 Å². The molecule has 3 rings (SSSR count). The number of benzene rings is 3. The smallest absolute Gasteiger partial charge is 0.210 e. The predicted molar refractivity (Wildman–Crippen MR) is 116 cm³/mol. The minimum atomic E-state index is -4.56. The summed E-state index contributed by atoms with van der Waals surface area (Å²) in [4.78, 5) is 0.00546. The summed E-state index contributed by atoms with van der Waals surface area (Å²) < 4.78 is 81.0. The zero-order chi connectivity index (χ0) is 23.4. The van der Waals surface area contributed by atoms with E-state index in [1.807, 2.05) is 6.92 Å². The molecule has 0 bridgehead atoms. The number of hydrogen-bond donors (Lipinski definition) is 0. The molecule has 3 aromatic rings. The van der Waals surface area contributed by atoms with Crippen molar-refractivity contribution in [3.63, 3.8) is 0 Å². The van der Waals surface area contributed by atoms with Crippen LogP contribution in [0.5, 0.6) is 0 Å². The molecule has 0 unspecified atom stereocenters. The highest BCUT2D eigenvalue weighted by Gasteiger charge is 2.30. The molecule has 0 saturated carbocycles. The van der Waals surface area contributed by atoms with Crippen LogP contribution in [-0.2, 0) is 22.7 Å². The average molecular weight is 463 g/mol. The van der Waals surface area contributed by atoms with Crippen LogP contribution in [0.25, 0.3) is 6.08 Å². The SMILES string of the molecule is Cc1ccc(S(=O)(=O)N(C/C(F)=C/c2cccc(C(F)(F)F)c2)Cc2ccccc2)cc1. The van der Waals surface area contributed by atoms with E-state index in [1.165, 1.54) is 24.3 Å². The second kappa shape index (κ2) is 9.67. The van der Waals surface area contributed by atoms with Crippen LogP contribution in [0.2, 0.25) is 0 Å². The van der Waals surface area contributed by atoms with Gasteiger partial charge < -0.3 is 0 Å². The van der Waals surface area contributed by atoms with Gasteiger partial charge in [-0.2, -0.15) is 17.5 Å². The van der Waals surface area contributed by atoms with Crippen molar-refractivity contribution in [2.75, 3.05) is 6.54 Å². The number of halogens is 4. The molecule has 0 aromatic heterocycles. The molecule has 8 heteroatoms. The topological polar surface area (TPSA) is 37.4 Å². The molecule has 0 fully saturated rings. The van der Waals surface area contributed by atoms with Crippen LogP contribution in [0.4, 0.5) is 17.6 Å². The Hall–Kier alpha value is -2.97. The van der Waals surface area contributed by atoms with Gasteiger partial charge in [-0.05, 0) is 48.4 Å². The van der Waals surface area contributed by atoms with Gasteiger partial charge in [0.15, 0.2) is 0 Å². The Morgan fingerprint density at radius 2 is 1.59 bits per heavy atom. The van der Waals surface area contributed by atoms with Crippen LogP contribution in [0.1, 0.15) is 22.3 Å². The van der Waals surface area contributed by atoms with Crippen molar-refractivity contribution in [3.05, 3.63) is 107 Å². The molecule has 0 amide bonds. The molecule has 0 spiro atoms. The Bertz CT molecular complexity index is 1190. The summed E-state index contributed by atoms with van der Waals surface area (Å²) in [5.74, 6) is -0.879. The van der Waals surface area contributed by atoms with Gasteiger partial charge in [0.2, 0.25) is 10.0 Å². The molecule has 3 aromatic carbocycles. The van der Waals surface area contributed by atoms with Crippen molar-refractivity contribution in [1.82, 2.24) is 4.31 Å². The van der Waals surface area contributed by atoms with Crippen LogP contribution < -0.4 is 0 Å². The van der Waals surface area contributed by atoms with Crippen molar-refractivity contribution in [1.29, 1.82) is 0 Å². The zero-order valence-corrected chi connectivity index (χ0v) is 18.0. The maximum absolute atomic E-state index is 14.9. The Morgan fingerprint density at radius 1 is 0.938 bits per heavy atom. The molecule has 0 heterocycles. The Balaban J connectivity index is 1.93. The Labute approximate surface area is 184 Å². The molecule has 3 nitrogen and oxygen atoms in total. The molecule has 0 aliphatic rings. The van der Waals surface area contributed by atoms with Crippen molar-refractivity contribution >= 4 is 16.1 Å². The van der Waals surface area contributed by atoms with E-state index >= 15 is 0 Å². The van der Waals surface area contributed by atoms with E-state index in [4.69, 9.17) is 0 Å². The summed E-state index contributed by atoms with van der Waals surface area (Å²) in [5, 5.41) is 0. The largest absolute Gasteiger partial charge is 0.416 e. The lowest BCUT2D eigenvalue weighted by molar-refractivity contribution is -0.137. The monoisotopic (exact) mass is 463 g/mol. The number of rotatable bonds is 7. The van der Waals surface area contributed by atoms with E-state index in [2.05, 4.69) is 0 Å². The predicted octanol–water partition coefficient (Wildman–Crippen LogP) is 6.22. The lowest BCUT2D eigenvalue weighted by Crippen LogP contribution is -2.32. The third-order valence-electron chi connectivity index (χ3n) is 4.73. The maximum Gasteiger partial charge on any atom is 0.416 e. The molecular weight excluding hydrogens is 442 g/mol. The van der Waals surface area contributed by atoms with Crippen LogP contribution in [0, 0.1) is 6.92 Å². The second-order valence-electron chi connectivity index (χ2n) is 7.29. The number of alkyl halides is 3. The maximum atomic E-state index is 14.9. The highest BCUT2D eigenvalue weighted by molar-refractivity contribution is 7.89. The van der Waals surface area contributed by atoms with Gasteiger partial charge in [-0.25, -0.2) is 12.8 Å². The second-order valence-corrected chi connectivity index (χ2v) is 9.22. The number of sulfonamides is 1. The first-order valence-electron chi connectivity index (χ1n) is 9.70. The summed E-state index contributed by atoms with van der Waals surface area (Å²) >= 11 is 0. The molecule has 0 aliphatic heterocycles. The van der Waals surface area contributed by atoms with Gasteiger partial charge >= 0.3 is 6.18 Å². The molecule has 0 aliphatic carbocycles. The van der Waals surface area contributed by atoms with E-state index in [-0.39, 0.29) is 17.0 Å². The van der Waals surface area contributed by atoms with Crippen LogP contribution >= 0.6 is 0 Å². The molecule has 168 valence electrons. The van der Waals surface area contributed by atoms with Gasteiger partial charge in [0.05, 0.1) is 17.0 Å². The third-order valence-corrected chi connectivity index (χ3v) is 6.53. The van der Waals surface area contributed by atoms with Gasteiger partial charge in [-0.15, -0.1) is 0 Å². The first kappa shape index (κ1) is 23.7.